The van der Waals surface area contributed by atoms with E-state index < -0.39 is 10.0 Å². The van der Waals surface area contributed by atoms with Crippen molar-refractivity contribution in [1.29, 1.82) is 0 Å². The van der Waals surface area contributed by atoms with Gasteiger partial charge < -0.3 is 5.32 Å². The zero-order chi connectivity index (χ0) is 18.6. The number of pyridine rings is 1. The molecular weight excluding hydrogens is 358 g/mol. The fourth-order valence-corrected chi connectivity index (χ4v) is 3.64. The van der Waals surface area contributed by atoms with Crippen LogP contribution in [0.15, 0.2) is 52.5 Å². The number of amides is 1. The van der Waals surface area contributed by atoms with Gasteiger partial charge in [0, 0.05) is 26.0 Å². The first-order chi connectivity index (χ1) is 11.7. The lowest BCUT2D eigenvalue weighted by molar-refractivity contribution is -0.115. The van der Waals surface area contributed by atoms with Gasteiger partial charge in [0.2, 0.25) is 15.9 Å². The number of aromatic nitrogens is 1. The number of hydrogen-bond donors (Lipinski definition) is 1. The number of rotatable bonds is 6. The molecular formula is C17H21N3O3S2. The Balaban J connectivity index is 2.03. The number of aryl methyl sites for hydroxylation is 1. The number of benzene rings is 1. The Morgan fingerprint density at radius 1 is 1.24 bits per heavy atom. The normalized spacial score (nSPS) is 12.8. The van der Waals surface area contributed by atoms with E-state index in [0.717, 1.165) is 15.6 Å². The van der Waals surface area contributed by atoms with E-state index in [0.29, 0.717) is 5.03 Å². The molecule has 1 N–H and O–H groups in total. The molecule has 6 nitrogen and oxygen atoms in total. The van der Waals surface area contributed by atoms with E-state index in [2.05, 4.69) is 10.3 Å². The summed E-state index contributed by atoms with van der Waals surface area (Å²) in [6.45, 7) is 3.74. The minimum Gasteiger partial charge on any atom is -0.325 e. The number of sulfonamides is 1. The zero-order valence-corrected chi connectivity index (χ0v) is 16.2. The van der Waals surface area contributed by atoms with Crippen LogP contribution in [0.5, 0.6) is 0 Å². The van der Waals surface area contributed by atoms with Crippen molar-refractivity contribution in [2.45, 2.75) is 29.0 Å². The molecule has 134 valence electrons. The van der Waals surface area contributed by atoms with Crippen molar-refractivity contribution in [3.63, 3.8) is 0 Å². The molecule has 0 saturated heterocycles. The summed E-state index contributed by atoms with van der Waals surface area (Å²) in [7, 11) is -0.565. The second-order valence-corrected chi connectivity index (χ2v) is 9.25. The lowest BCUT2D eigenvalue weighted by Crippen LogP contribution is -2.23. The van der Waals surface area contributed by atoms with Gasteiger partial charge in [-0.15, -0.1) is 0 Å². The second kappa shape index (κ2) is 7.99. The summed E-state index contributed by atoms with van der Waals surface area (Å²) in [5.74, 6) is -0.137. The Kier molecular flexibility index (Phi) is 6.21. The average Bonchev–Trinajstić information content (AvgIpc) is 2.55. The Hall–Kier alpha value is -1.90. The smallest absolute Gasteiger partial charge is 0.244 e. The topological polar surface area (TPSA) is 79.4 Å². The van der Waals surface area contributed by atoms with E-state index in [9.17, 15) is 13.2 Å². The third-order valence-corrected chi connectivity index (χ3v) is 6.29. The number of nitrogens with zero attached hydrogens (tertiary/aromatic N) is 2. The molecule has 1 amide bonds. The maximum atomic E-state index is 12.3. The number of hydrogen-bond acceptors (Lipinski definition) is 5. The summed E-state index contributed by atoms with van der Waals surface area (Å²) in [4.78, 5) is 16.6. The van der Waals surface area contributed by atoms with Gasteiger partial charge in [-0.3, -0.25) is 4.79 Å². The van der Waals surface area contributed by atoms with Crippen molar-refractivity contribution in [1.82, 2.24) is 9.29 Å². The van der Waals surface area contributed by atoms with Gasteiger partial charge in [-0.25, -0.2) is 17.7 Å². The lowest BCUT2D eigenvalue weighted by atomic mass is 10.2. The highest BCUT2D eigenvalue weighted by molar-refractivity contribution is 8.00. The maximum absolute atomic E-state index is 12.3. The maximum Gasteiger partial charge on any atom is 0.244 e. The van der Waals surface area contributed by atoms with Crippen LogP contribution in [0.4, 0.5) is 5.69 Å². The number of anilines is 1. The Labute approximate surface area is 152 Å². The van der Waals surface area contributed by atoms with Gasteiger partial charge in [-0.2, -0.15) is 0 Å². The number of carbonyl (C=O) groups excluding carboxylic acids is 1. The number of carbonyl (C=O) groups is 1. The molecule has 8 heteroatoms. The van der Waals surface area contributed by atoms with Crippen LogP contribution in [-0.4, -0.2) is 43.0 Å². The SMILES string of the molecule is Cc1cccc(NC(=O)[C@H](C)Sc2ccc(S(=O)(=O)N(C)C)cn2)c1. The highest BCUT2D eigenvalue weighted by Gasteiger charge is 2.19. The van der Waals surface area contributed by atoms with E-state index >= 15 is 0 Å². The summed E-state index contributed by atoms with van der Waals surface area (Å²) in [6, 6.07) is 10.7. The van der Waals surface area contributed by atoms with Gasteiger partial charge in [-0.05, 0) is 43.7 Å². The molecule has 0 saturated carbocycles. The third-order valence-electron chi connectivity index (χ3n) is 3.44. The number of thioether (sulfide) groups is 1. The molecule has 0 aliphatic carbocycles. The van der Waals surface area contributed by atoms with E-state index in [-0.39, 0.29) is 16.1 Å². The van der Waals surface area contributed by atoms with Gasteiger partial charge in [0.1, 0.15) is 4.90 Å². The molecule has 0 unspecified atom stereocenters. The van der Waals surface area contributed by atoms with Gasteiger partial charge in [0.25, 0.3) is 0 Å². The average molecular weight is 380 g/mol. The second-order valence-electron chi connectivity index (χ2n) is 5.74. The van der Waals surface area contributed by atoms with Crippen molar-refractivity contribution in [2.75, 3.05) is 19.4 Å². The first-order valence-corrected chi connectivity index (χ1v) is 9.95. The van der Waals surface area contributed by atoms with Crippen LogP contribution in [0, 0.1) is 6.92 Å². The predicted octanol–water partition coefficient (Wildman–Crippen LogP) is 2.76. The Morgan fingerprint density at radius 2 is 1.96 bits per heavy atom. The van der Waals surface area contributed by atoms with Crippen molar-refractivity contribution >= 4 is 33.4 Å². The molecule has 0 aliphatic rings. The molecule has 0 spiro atoms. The summed E-state index contributed by atoms with van der Waals surface area (Å²) >= 11 is 1.27. The van der Waals surface area contributed by atoms with Gasteiger partial charge in [-0.1, -0.05) is 23.9 Å². The molecule has 0 bridgehead atoms. The Morgan fingerprint density at radius 3 is 2.52 bits per heavy atom. The summed E-state index contributed by atoms with van der Waals surface area (Å²) in [5, 5.41) is 3.08. The quantitative estimate of drug-likeness (QED) is 0.781. The standard InChI is InChI=1S/C17H21N3O3S2/c1-12-6-5-7-14(10-12)19-17(21)13(2)24-16-9-8-15(11-18-16)25(22,23)20(3)4/h5-11,13H,1-4H3,(H,19,21)/t13-/m0/s1. The van der Waals surface area contributed by atoms with Crippen LogP contribution in [0.1, 0.15) is 12.5 Å². The van der Waals surface area contributed by atoms with Crippen molar-refractivity contribution in [2.24, 2.45) is 0 Å². The summed E-state index contributed by atoms with van der Waals surface area (Å²) in [6.07, 6.45) is 1.31. The number of nitrogens with one attached hydrogen (secondary N) is 1. The monoisotopic (exact) mass is 379 g/mol. The van der Waals surface area contributed by atoms with Crippen molar-refractivity contribution < 1.29 is 13.2 Å². The molecule has 1 heterocycles. The highest BCUT2D eigenvalue weighted by Crippen LogP contribution is 2.24. The Bertz CT molecular complexity index is 850. The summed E-state index contributed by atoms with van der Waals surface area (Å²) < 4.78 is 25.2. The minimum absolute atomic E-state index is 0.124. The summed E-state index contributed by atoms with van der Waals surface area (Å²) in [5.41, 5.74) is 1.82. The van der Waals surface area contributed by atoms with Gasteiger partial charge >= 0.3 is 0 Å². The predicted molar refractivity (Wildman–Crippen MR) is 100 cm³/mol. The fourth-order valence-electron chi connectivity index (χ4n) is 2.00. The van der Waals surface area contributed by atoms with Crippen molar-refractivity contribution in [3.05, 3.63) is 48.2 Å². The first-order valence-electron chi connectivity index (χ1n) is 7.63. The molecule has 0 fully saturated rings. The molecule has 2 aromatic rings. The van der Waals surface area contributed by atoms with E-state index in [1.807, 2.05) is 31.2 Å². The molecule has 1 aromatic heterocycles. The van der Waals surface area contributed by atoms with Crippen molar-refractivity contribution in [3.8, 4) is 0 Å². The molecule has 2 rings (SSSR count). The molecule has 0 radical (unpaired) electrons. The van der Waals surface area contributed by atoms with Crippen LogP contribution < -0.4 is 5.32 Å². The van der Waals surface area contributed by atoms with Crippen LogP contribution >= 0.6 is 11.8 Å². The molecule has 0 aliphatic heterocycles. The fraction of sp³-hybridized carbons (Fsp3) is 0.294. The van der Waals surface area contributed by atoms with Crippen LogP contribution in [0.3, 0.4) is 0 Å². The van der Waals surface area contributed by atoms with Gasteiger partial charge in [0.05, 0.1) is 10.3 Å². The largest absolute Gasteiger partial charge is 0.325 e. The highest BCUT2D eigenvalue weighted by atomic mass is 32.2. The van der Waals surface area contributed by atoms with E-state index in [1.54, 1.807) is 13.0 Å². The van der Waals surface area contributed by atoms with Crippen LogP contribution in [0.2, 0.25) is 0 Å². The zero-order valence-electron chi connectivity index (χ0n) is 14.6. The van der Waals surface area contributed by atoms with E-state index in [1.165, 1.54) is 38.1 Å². The first kappa shape index (κ1) is 19.4. The third kappa shape index (κ3) is 5.04. The van der Waals surface area contributed by atoms with Gasteiger partial charge in [0.15, 0.2) is 0 Å². The molecule has 1 aromatic carbocycles. The lowest BCUT2D eigenvalue weighted by Gasteiger charge is -2.13. The molecule has 25 heavy (non-hydrogen) atoms. The van der Waals surface area contributed by atoms with Crippen LogP contribution in [0.25, 0.3) is 0 Å². The van der Waals surface area contributed by atoms with E-state index in [4.69, 9.17) is 0 Å². The minimum atomic E-state index is -3.50. The van der Waals surface area contributed by atoms with Crippen LogP contribution in [-0.2, 0) is 14.8 Å². The molecule has 1 atom stereocenters.